The van der Waals surface area contributed by atoms with E-state index in [-0.39, 0.29) is 61.5 Å². The van der Waals surface area contributed by atoms with Crippen LogP contribution in [0.25, 0.3) is 0 Å². The second kappa shape index (κ2) is 38.5. The van der Waals surface area contributed by atoms with E-state index in [9.17, 15) is 24.3 Å². The van der Waals surface area contributed by atoms with Gasteiger partial charge in [0.2, 0.25) is 53.2 Å². The minimum absolute atomic E-state index is 0.00964. The van der Waals surface area contributed by atoms with Crippen LogP contribution in [0.3, 0.4) is 0 Å². The number of rotatable bonds is 22. The Morgan fingerprint density at radius 2 is 1.12 bits per heavy atom. The van der Waals surface area contributed by atoms with Gasteiger partial charge in [0.05, 0.1) is 12.1 Å². The number of imide groups is 1. The van der Waals surface area contributed by atoms with Gasteiger partial charge in [-0.15, -0.1) is 0 Å². The Kier molecular flexibility index (Phi) is 35.3. The predicted molar refractivity (Wildman–Crippen MR) is 359 cm³/mol. The standard InChI is InChI=1S/C66H120N12O12S/c1-26-28-29-45(15)55(80)54-58(83)68-47(27-2)59(84)74(21)51(37-91-33-32-71(17)18)62(87)78(25)66(38-79,36-42(9)10)70-52(43(11)12)63(88)73(20)49(34-40(5)6)57(82)69-56(81)46(16)67-65(90)75(22)50(35-41(7)8)61(86)72(19)48(31-30-39(3)4)60(85)76(23)53(44(13)14)64(89)77(54)24/h26,28,38-55,70,80H,27,29-37H2,1-25H3,(H,67,90)(H,68,83)(H,69,81,82)/b28-26+/t45-,46?,47+,48-,49-,50-,51-,52-,53-,54+,55-,66-/m1/s1. The normalized spacial score (nSPS) is 26.6. The summed E-state index contributed by atoms with van der Waals surface area (Å²) in [6.07, 6.45) is 3.75. The van der Waals surface area contributed by atoms with Gasteiger partial charge in [0, 0.05) is 67.4 Å². The number of hydrogen-bond donors (Lipinski definition) is 5. The molecule has 24 nitrogen and oxygen atoms in total. The highest BCUT2D eigenvalue weighted by molar-refractivity contribution is 7.99. The molecule has 0 radical (unpaired) electrons. The molecule has 0 saturated carbocycles. The second-order valence-corrected chi connectivity index (χ2v) is 29.0. The Hall–Kier alpha value is -5.66. The van der Waals surface area contributed by atoms with E-state index in [1.807, 2.05) is 87.4 Å². The van der Waals surface area contributed by atoms with Gasteiger partial charge < -0.3 is 54.9 Å². The average Bonchev–Trinajstić information content (AvgIpc) is 0.875. The molecule has 5 N–H and O–H groups in total. The van der Waals surface area contributed by atoms with Crippen LogP contribution in [0.5, 0.6) is 0 Å². The number of nitrogens with zero attached hydrogens (tertiary/aromatic N) is 8. The summed E-state index contributed by atoms with van der Waals surface area (Å²) in [6.45, 7) is 29.1. The maximum atomic E-state index is 15.5. The summed E-state index contributed by atoms with van der Waals surface area (Å²) in [7, 11) is 13.7. The van der Waals surface area contributed by atoms with Crippen LogP contribution >= 0.6 is 11.8 Å². The number of amides is 11. The zero-order valence-electron chi connectivity index (χ0n) is 60.0. The largest absolute Gasteiger partial charge is 0.390 e. The van der Waals surface area contributed by atoms with Crippen molar-refractivity contribution in [2.45, 2.75) is 222 Å². The summed E-state index contributed by atoms with van der Waals surface area (Å²) in [5.74, 6) is -8.42. The van der Waals surface area contributed by atoms with Crippen LogP contribution in [-0.4, -0.2) is 257 Å². The number of nitrogens with one attached hydrogen (secondary N) is 4. The first-order valence-corrected chi connectivity index (χ1v) is 33.8. The molecule has 1 rings (SSSR count). The minimum atomic E-state index is -1.91. The molecule has 0 aromatic rings. The highest BCUT2D eigenvalue weighted by atomic mass is 32.2. The van der Waals surface area contributed by atoms with E-state index in [2.05, 4.69) is 21.3 Å². The van der Waals surface area contributed by atoms with Gasteiger partial charge in [-0.2, -0.15) is 11.8 Å². The lowest BCUT2D eigenvalue weighted by Gasteiger charge is -2.45. The lowest BCUT2D eigenvalue weighted by atomic mass is 9.91. The first-order chi connectivity index (χ1) is 42.1. The lowest BCUT2D eigenvalue weighted by Crippen LogP contribution is -2.70. The number of carbonyl (C=O) groups is 11. The molecule has 0 aromatic heterocycles. The maximum Gasteiger partial charge on any atom is 0.318 e. The van der Waals surface area contributed by atoms with Crippen molar-refractivity contribution in [3.63, 3.8) is 0 Å². The molecule has 1 aliphatic rings. The number of aldehydes is 1. The van der Waals surface area contributed by atoms with E-state index in [1.165, 1.54) is 92.5 Å². The van der Waals surface area contributed by atoms with E-state index in [1.54, 1.807) is 47.6 Å². The van der Waals surface area contributed by atoms with Gasteiger partial charge in [-0.3, -0.25) is 58.6 Å². The summed E-state index contributed by atoms with van der Waals surface area (Å²) in [5.41, 5.74) is -1.91. The molecule has 0 bridgehead atoms. The Labute approximate surface area is 550 Å². The SMILES string of the molecule is C/C=C/C[C@@H](C)[C@@H](O)[C@H]1C(=O)N[C@@H](CC)C(=O)N(C)[C@H](CSCCN(C)C)C(=O)N(C)[C@@](C=O)(CC(C)C)N[C@H](C(C)C)C(=O)N(C)[C@H](CC(C)C)C(=O)NC(=O)C(C)NC(=O)N(C)[C@H](CC(C)C)C(=O)N(C)[C@H](CCC(C)C)C(=O)N(C)[C@H](C(C)C)C(=O)N1C. The smallest absolute Gasteiger partial charge is 0.318 e. The number of urea groups is 1. The third-order valence-electron chi connectivity index (χ3n) is 17.3. The summed E-state index contributed by atoms with van der Waals surface area (Å²) in [4.78, 5) is 174. The van der Waals surface area contributed by atoms with Gasteiger partial charge >= 0.3 is 6.03 Å². The molecule has 1 fully saturated rings. The number of aliphatic hydroxyl groups is 1. The molecule has 0 spiro atoms. The van der Waals surface area contributed by atoms with Gasteiger partial charge in [-0.05, 0) is 114 Å². The van der Waals surface area contributed by atoms with Crippen molar-refractivity contribution in [2.24, 2.45) is 41.4 Å². The topological polar surface area (TPSA) is 282 Å². The van der Waals surface area contributed by atoms with Crippen molar-refractivity contribution in [1.29, 1.82) is 0 Å². The van der Waals surface area contributed by atoms with Crippen molar-refractivity contribution < 1.29 is 57.8 Å². The molecule has 1 aliphatic heterocycles. The first kappa shape index (κ1) is 83.4. The molecule has 1 unspecified atom stereocenters. The fourth-order valence-corrected chi connectivity index (χ4v) is 12.6. The fourth-order valence-electron chi connectivity index (χ4n) is 11.3. The molecular weight excluding hydrogens is 1180 g/mol. The highest BCUT2D eigenvalue weighted by Crippen LogP contribution is 2.28. The van der Waals surface area contributed by atoms with Gasteiger partial charge in [-0.25, -0.2) is 4.79 Å². The van der Waals surface area contributed by atoms with Gasteiger partial charge in [-0.1, -0.05) is 109 Å². The Balaban J connectivity index is 4.64. The maximum absolute atomic E-state index is 15.5. The van der Waals surface area contributed by atoms with Crippen LogP contribution < -0.4 is 21.3 Å². The average molecular weight is 1310 g/mol. The molecular formula is C66H120N12O12S. The Bertz CT molecular complexity index is 2460. The van der Waals surface area contributed by atoms with E-state index in [0.29, 0.717) is 31.4 Å². The number of thioether (sulfide) groups is 1. The van der Waals surface area contributed by atoms with Crippen molar-refractivity contribution in [2.75, 3.05) is 81.5 Å². The number of carbonyl (C=O) groups excluding carboxylic acids is 11. The highest BCUT2D eigenvalue weighted by Gasteiger charge is 2.48. The van der Waals surface area contributed by atoms with Crippen LogP contribution in [-0.2, 0) is 47.9 Å². The van der Waals surface area contributed by atoms with Crippen molar-refractivity contribution in [3.05, 3.63) is 12.2 Å². The van der Waals surface area contributed by atoms with E-state index in [4.69, 9.17) is 0 Å². The Morgan fingerprint density at radius 1 is 0.593 bits per heavy atom. The molecule has 1 heterocycles. The molecule has 0 aliphatic carbocycles. The lowest BCUT2D eigenvalue weighted by molar-refractivity contribution is -0.157. The van der Waals surface area contributed by atoms with E-state index in [0.717, 1.165) is 9.80 Å². The summed E-state index contributed by atoms with van der Waals surface area (Å²) < 4.78 is 0. The third kappa shape index (κ3) is 23.7. The monoisotopic (exact) mass is 1300 g/mol. The fraction of sp³-hybridized carbons (Fsp3) is 0.803. The Morgan fingerprint density at radius 3 is 1.60 bits per heavy atom. The van der Waals surface area contributed by atoms with Crippen LogP contribution in [0.1, 0.15) is 156 Å². The van der Waals surface area contributed by atoms with Gasteiger partial charge in [0.25, 0.3) is 0 Å². The summed E-state index contributed by atoms with van der Waals surface area (Å²) in [5, 5.41) is 23.4. The van der Waals surface area contributed by atoms with E-state index >= 15 is 33.6 Å². The first-order valence-electron chi connectivity index (χ1n) is 32.7. The van der Waals surface area contributed by atoms with Crippen molar-refractivity contribution >= 4 is 77.2 Å². The third-order valence-corrected chi connectivity index (χ3v) is 18.3. The number of likely N-dealkylation sites (N-methyl/N-ethyl adjacent to an activating group) is 7. The molecule has 522 valence electrons. The number of aliphatic hydroxyl groups excluding tert-OH is 1. The van der Waals surface area contributed by atoms with Crippen LogP contribution in [0.2, 0.25) is 0 Å². The molecule has 25 heteroatoms. The summed E-state index contributed by atoms with van der Waals surface area (Å²) in [6, 6.07) is -12.6. The number of hydrogen-bond acceptors (Lipinski definition) is 15. The van der Waals surface area contributed by atoms with Crippen LogP contribution in [0, 0.1) is 41.4 Å². The quantitative estimate of drug-likeness (QED) is 0.0431. The number of allylic oxidation sites excluding steroid dienone is 2. The van der Waals surface area contributed by atoms with Gasteiger partial charge in [0.1, 0.15) is 48.3 Å². The molecule has 12 atom stereocenters. The zero-order valence-corrected chi connectivity index (χ0v) is 60.9. The van der Waals surface area contributed by atoms with E-state index < -0.39 is 143 Å². The van der Waals surface area contributed by atoms with Crippen molar-refractivity contribution in [1.82, 2.24) is 60.5 Å². The van der Waals surface area contributed by atoms with Crippen LogP contribution in [0.15, 0.2) is 12.2 Å². The predicted octanol–water partition coefficient (Wildman–Crippen LogP) is 4.53. The molecule has 1 saturated heterocycles. The minimum Gasteiger partial charge on any atom is -0.390 e. The molecule has 91 heavy (non-hydrogen) atoms. The second-order valence-electron chi connectivity index (χ2n) is 27.8. The zero-order chi connectivity index (χ0) is 70.4. The molecule has 0 aromatic carbocycles. The summed E-state index contributed by atoms with van der Waals surface area (Å²) >= 11 is 1.39. The van der Waals surface area contributed by atoms with Crippen molar-refractivity contribution in [3.8, 4) is 0 Å². The van der Waals surface area contributed by atoms with Crippen LogP contribution in [0.4, 0.5) is 4.79 Å². The molecule has 11 amide bonds. The van der Waals surface area contributed by atoms with Gasteiger partial charge in [0.15, 0.2) is 11.9 Å².